The zero-order chi connectivity index (χ0) is 21.6. The normalized spacial score (nSPS) is 10.9. The van der Waals surface area contributed by atoms with Gasteiger partial charge in [-0.25, -0.2) is 8.42 Å². The molecule has 2 rings (SSSR count). The van der Waals surface area contributed by atoms with Gasteiger partial charge in [-0.3, -0.25) is 18.7 Å². The van der Waals surface area contributed by atoms with Gasteiger partial charge in [0.2, 0.25) is 10.0 Å². The van der Waals surface area contributed by atoms with Crippen molar-refractivity contribution < 1.29 is 27.5 Å². The van der Waals surface area contributed by atoms with E-state index in [-0.39, 0.29) is 5.78 Å². The minimum Gasteiger partial charge on any atom is -0.454 e. The van der Waals surface area contributed by atoms with Gasteiger partial charge in [0, 0.05) is 5.56 Å². The highest BCUT2D eigenvalue weighted by atomic mass is 32.2. The SMILES string of the molecule is CC(=O)c1ccccc1NC(=O)COC(=O)CN(c1ccccc1C)S(C)(=O)=O. The van der Waals surface area contributed by atoms with E-state index in [9.17, 15) is 22.8 Å². The van der Waals surface area contributed by atoms with E-state index in [0.717, 1.165) is 10.6 Å². The van der Waals surface area contributed by atoms with Gasteiger partial charge in [0.05, 0.1) is 17.6 Å². The van der Waals surface area contributed by atoms with Crippen LogP contribution >= 0.6 is 0 Å². The molecule has 0 aromatic heterocycles. The van der Waals surface area contributed by atoms with Crippen LogP contribution < -0.4 is 9.62 Å². The number of hydrogen-bond acceptors (Lipinski definition) is 6. The van der Waals surface area contributed by atoms with E-state index in [1.165, 1.54) is 6.92 Å². The molecule has 1 amide bonds. The lowest BCUT2D eigenvalue weighted by atomic mass is 10.1. The van der Waals surface area contributed by atoms with E-state index >= 15 is 0 Å². The molecule has 0 radical (unpaired) electrons. The van der Waals surface area contributed by atoms with Crippen LogP contribution in [-0.4, -0.2) is 45.5 Å². The molecule has 0 unspecified atom stereocenters. The molecule has 0 saturated heterocycles. The number of ether oxygens (including phenoxy) is 1. The van der Waals surface area contributed by atoms with Crippen LogP contribution in [0.15, 0.2) is 48.5 Å². The topological polar surface area (TPSA) is 110 Å². The molecule has 154 valence electrons. The molecule has 0 saturated carbocycles. The lowest BCUT2D eigenvalue weighted by Crippen LogP contribution is -2.37. The van der Waals surface area contributed by atoms with E-state index in [2.05, 4.69) is 5.32 Å². The summed E-state index contributed by atoms with van der Waals surface area (Å²) < 4.78 is 30.1. The van der Waals surface area contributed by atoms with Gasteiger partial charge < -0.3 is 10.1 Å². The standard InChI is InChI=1S/C20H22N2O6S/c1-14-8-4-7-11-18(14)22(29(3,26)27)12-20(25)28-13-19(24)21-17-10-6-5-9-16(17)15(2)23/h4-11H,12-13H2,1-3H3,(H,21,24). The molecular weight excluding hydrogens is 396 g/mol. The number of benzene rings is 2. The average Bonchev–Trinajstić information content (AvgIpc) is 2.64. The van der Waals surface area contributed by atoms with Gasteiger partial charge in [0.25, 0.3) is 5.91 Å². The lowest BCUT2D eigenvalue weighted by Gasteiger charge is -2.23. The fourth-order valence-electron chi connectivity index (χ4n) is 2.62. The van der Waals surface area contributed by atoms with Crippen LogP contribution in [0.25, 0.3) is 0 Å². The van der Waals surface area contributed by atoms with E-state index in [4.69, 9.17) is 4.74 Å². The summed E-state index contributed by atoms with van der Waals surface area (Å²) in [6, 6.07) is 13.1. The fraction of sp³-hybridized carbons (Fsp3) is 0.250. The smallest absolute Gasteiger partial charge is 0.327 e. The molecule has 0 aliphatic rings. The van der Waals surface area contributed by atoms with Crippen molar-refractivity contribution in [3.63, 3.8) is 0 Å². The number of aryl methyl sites for hydroxylation is 1. The number of ketones is 1. The van der Waals surface area contributed by atoms with Crippen LogP contribution in [0.3, 0.4) is 0 Å². The largest absolute Gasteiger partial charge is 0.454 e. The third-order valence-electron chi connectivity index (χ3n) is 4.00. The van der Waals surface area contributed by atoms with Gasteiger partial charge in [-0.1, -0.05) is 30.3 Å². The first-order chi connectivity index (χ1) is 13.6. The van der Waals surface area contributed by atoms with Gasteiger partial charge in [0.1, 0.15) is 6.54 Å². The number of para-hydroxylation sites is 2. The van der Waals surface area contributed by atoms with E-state index < -0.39 is 35.1 Å². The second-order valence-electron chi connectivity index (χ2n) is 6.37. The van der Waals surface area contributed by atoms with Crippen molar-refractivity contribution in [2.24, 2.45) is 0 Å². The Morgan fingerprint density at radius 2 is 1.66 bits per heavy atom. The highest BCUT2D eigenvalue weighted by Gasteiger charge is 2.23. The number of esters is 1. The Labute approximate surface area is 169 Å². The minimum atomic E-state index is -3.74. The molecular formula is C20H22N2O6S. The van der Waals surface area contributed by atoms with Crippen LogP contribution in [0.4, 0.5) is 11.4 Å². The second kappa shape index (κ2) is 9.33. The molecule has 0 spiro atoms. The molecule has 0 aliphatic carbocycles. The van der Waals surface area contributed by atoms with Crippen LogP contribution in [0.1, 0.15) is 22.8 Å². The Kier molecular flexibility index (Phi) is 7.11. The second-order valence-corrected chi connectivity index (χ2v) is 8.27. The van der Waals surface area contributed by atoms with E-state index in [1.54, 1.807) is 55.5 Å². The highest BCUT2D eigenvalue weighted by molar-refractivity contribution is 7.92. The number of carbonyl (C=O) groups is 3. The quantitative estimate of drug-likeness (QED) is 0.520. The van der Waals surface area contributed by atoms with Gasteiger partial charge in [-0.15, -0.1) is 0 Å². The predicted molar refractivity (Wildman–Crippen MR) is 109 cm³/mol. The molecule has 0 atom stereocenters. The fourth-order valence-corrected chi connectivity index (χ4v) is 3.52. The zero-order valence-electron chi connectivity index (χ0n) is 16.3. The van der Waals surface area contributed by atoms with E-state index in [1.807, 2.05) is 0 Å². The van der Waals surface area contributed by atoms with Crippen molar-refractivity contribution in [3.8, 4) is 0 Å². The molecule has 0 fully saturated rings. The average molecular weight is 418 g/mol. The lowest BCUT2D eigenvalue weighted by molar-refractivity contribution is -0.145. The number of Topliss-reactive ketones (excluding diaryl/α,β-unsaturated/α-hetero) is 1. The first kappa shape index (κ1) is 22.1. The summed E-state index contributed by atoms with van der Waals surface area (Å²) in [6.07, 6.45) is 0.984. The number of nitrogens with one attached hydrogen (secondary N) is 1. The van der Waals surface area contributed by atoms with Crippen LogP contribution in [0, 0.1) is 6.92 Å². The van der Waals surface area contributed by atoms with Crippen molar-refractivity contribution >= 4 is 39.1 Å². The number of nitrogens with zero attached hydrogens (tertiary/aromatic N) is 1. The third-order valence-corrected chi connectivity index (χ3v) is 5.13. The van der Waals surface area contributed by atoms with Crippen LogP contribution in [-0.2, 0) is 24.3 Å². The maximum Gasteiger partial charge on any atom is 0.327 e. The number of sulfonamides is 1. The molecule has 29 heavy (non-hydrogen) atoms. The number of rotatable bonds is 8. The summed E-state index contributed by atoms with van der Waals surface area (Å²) >= 11 is 0. The minimum absolute atomic E-state index is 0.222. The monoisotopic (exact) mass is 418 g/mol. The Hall–Kier alpha value is -3.20. The van der Waals surface area contributed by atoms with Crippen LogP contribution in [0.2, 0.25) is 0 Å². The number of carbonyl (C=O) groups excluding carboxylic acids is 3. The Morgan fingerprint density at radius 3 is 2.28 bits per heavy atom. The maximum atomic E-state index is 12.2. The first-order valence-corrected chi connectivity index (χ1v) is 10.5. The number of anilines is 2. The van der Waals surface area contributed by atoms with Crippen molar-refractivity contribution in [1.29, 1.82) is 0 Å². The van der Waals surface area contributed by atoms with Crippen molar-refractivity contribution in [1.82, 2.24) is 0 Å². The highest BCUT2D eigenvalue weighted by Crippen LogP contribution is 2.22. The summed E-state index contributed by atoms with van der Waals surface area (Å²) in [6.45, 7) is 1.91. The summed E-state index contributed by atoms with van der Waals surface area (Å²) in [5.74, 6) is -1.75. The van der Waals surface area contributed by atoms with Gasteiger partial charge in [0.15, 0.2) is 12.4 Å². The van der Waals surface area contributed by atoms with Crippen molar-refractivity contribution in [2.45, 2.75) is 13.8 Å². The molecule has 0 bridgehead atoms. The molecule has 0 aliphatic heterocycles. The Morgan fingerprint density at radius 1 is 1.03 bits per heavy atom. The maximum absolute atomic E-state index is 12.2. The predicted octanol–water partition coefficient (Wildman–Crippen LogP) is 2.15. The van der Waals surface area contributed by atoms with Crippen LogP contribution in [0.5, 0.6) is 0 Å². The molecule has 2 aromatic carbocycles. The molecule has 8 nitrogen and oxygen atoms in total. The Bertz CT molecular complexity index is 1030. The molecule has 9 heteroatoms. The van der Waals surface area contributed by atoms with Crippen molar-refractivity contribution in [2.75, 3.05) is 29.0 Å². The van der Waals surface area contributed by atoms with Gasteiger partial charge in [-0.2, -0.15) is 0 Å². The summed E-state index contributed by atoms with van der Waals surface area (Å²) in [5.41, 5.74) is 1.66. The van der Waals surface area contributed by atoms with E-state index in [0.29, 0.717) is 22.5 Å². The van der Waals surface area contributed by atoms with Crippen molar-refractivity contribution in [3.05, 3.63) is 59.7 Å². The number of hydrogen-bond donors (Lipinski definition) is 1. The first-order valence-electron chi connectivity index (χ1n) is 8.68. The number of amides is 1. The molecule has 1 N–H and O–H groups in total. The molecule has 2 aromatic rings. The zero-order valence-corrected chi connectivity index (χ0v) is 17.2. The summed E-state index contributed by atoms with van der Waals surface area (Å²) in [5, 5.41) is 2.50. The van der Waals surface area contributed by atoms with Gasteiger partial charge >= 0.3 is 5.97 Å². The summed E-state index contributed by atoms with van der Waals surface area (Å²) in [7, 11) is -3.74. The third kappa shape index (κ3) is 6.15. The summed E-state index contributed by atoms with van der Waals surface area (Å²) in [4.78, 5) is 35.8. The molecule has 0 heterocycles. The Balaban J connectivity index is 2.02. The van der Waals surface area contributed by atoms with Gasteiger partial charge in [-0.05, 0) is 37.6 Å².